The zero-order chi connectivity index (χ0) is 12.8. The Hall–Kier alpha value is -0.540. The zero-order valence-corrected chi connectivity index (χ0v) is 12.3. The van der Waals surface area contributed by atoms with Gasteiger partial charge >= 0.3 is 0 Å². The van der Waals surface area contributed by atoms with Crippen LogP contribution in [0, 0.1) is 0 Å². The van der Waals surface area contributed by atoms with Gasteiger partial charge in [-0.05, 0) is 37.7 Å². The van der Waals surface area contributed by atoms with Gasteiger partial charge in [0, 0.05) is 29.7 Å². The van der Waals surface area contributed by atoms with Crippen molar-refractivity contribution in [3.05, 3.63) is 30.1 Å². The van der Waals surface area contributed by atoms with Crippen LogP contribution in [0.3, 0.4) is 0 Å². The van der Waals surface area contributed by atoms with Crippen LogP contribution in [-0.2, 0) is 0 Å². The molecule has 1 atom stereocenters. The number of hydrogen-bond acceptors (Lipinski definition) is 3. The molecule has 0 aliphatic heterocycles. The van der Waals surface area contributed by atoms with Crippen molar-refractivity contribution in [1.29, 1.82) is 0 Å². The summed E-state index contributed by atoms with van der Waals surface area (Å²) in [5.41, 5.74) is 1.28. The molecule has 0 aromatic carbocycles. The van der Waals surface area contributed by atoms with E-state index >= 15 is 0 Å². The van der Waals surface area contributed by atoms with Crippen molar-refractivity contribution in [2.24, 2.45) is 0 Å². The maximum absolute atomic E-state index is 4.19. The molecule has 18 heavy (non-hydrogen) atoms. The first-order valence-corrected chi connectivity index (χ1v) is 8.17. The first-order chi connectivity index (χ1) is 8.76. The molecule has 2 rings (SSSR count). The fourth-order valence-corrected chi connectivity index (χ4v) is 3.66. The van der Waals surface area contributed by atoms with Gasteiger partial charge < -0.3 is 5.32 Å². The van der Waals surface area contributed by atoms with Crippen LogP contribution in [0.4, 0.5) is 0 Å². The van der Waals surface area contributed by atoms with E-state index in [0.717, 1.165) is 6.54 Å². The number of aromatic nitrogens is 1. The summed E-state index contributed by atoms with van der Waals surface area (Å²) in [6.45, 7) is 3.35. The van der Waals surface area contributed by atoms with E-state index in [-0.39, 0.29) is 0 Å². The molecular weight excluding hydrogens is 240 g/mol. The van der Waals surface area contributed by atoms with E-state index in [1.165, 1.54) is 37.7 Å². The van der Waals surface area contributed by atoms with Gasteiger partial charge in [-0.1, -0.05) is 25.3 Å². The molecule has 3 heteroatoms. The molecule has 0 bridgehead atoms. The Morgan fingerprint density at radius 1 is 1.39 bits per heavy atom. The average molecular weight is 264 g/mol. The topological polar surface area (TPSA) is 24.9 Å². The van der Waals surface area contributed by atoms with Crippen molar-refractivity contribution in [3.63, 3.8) is 0 Å². The largest absolute Gasteiger partial charge is 0.309 e. The number of pyridine rings is 1. The number of nitrogens with one attached hydrogen (secondary N) is 1. The van der Waals surface area contributed by atoms with Crippen molar-refractivity contribution in [2.75, 3.05) is 12.8 Å². The van der Waals surface area contributed by atoms with Gasteiger partial charge in [-0.25, -0.2) is 0 Å². The SMILES string of the molecule is CSC1(CNC(C)c2cccnc2)CCCCC1. The highest BCUT2D eigenvalue weighted by Crippen LogP contribution is 2.38. The Morgan fingerprint density at radius 2 is 2.17 bits per heavy atom. The Kier molecular flexibility index (Phi) is 5.07. The van der Waals surface area contributed by atoms with Gasteiger partial charge in [0.1, 0.15) is 0 Å². The molecule has 1 fully saturated rings. The van der Waals surface area contributed by atoms with Crippen LogP contribution in [0.25, 0.3) is 0 Å². The second kappa shape index (κ2) is 6.58. The summed E-state index contributed by atoms with van der Waals surface area (Å²) in [5, 5.41) is 3.70. The molecule has 100 valence electrons. The van der Waals surface area contributed by atoms with Gasteiger partial charge in [-0.3, -0.25) is 4.98 Å². The highest BCUT2D eigenvalue weighted by atomic mass is 32.2. The minimum absolute atomic E-state index is 0.393. The van der Waals surface area contributed by atoms with Gasteiger partial charge in [0.2, 0.25) is 0 Å². The summed E-state index contributed by atoms with van der Waals surface area (Å²) in [7, 11) is 0. The summed E-state index contributed by atoms with van der Waals surface area (Å²) < 4.78 is 0.467. The van der Waals surface area contributed by atoms with Crippen molar-refractivity contribution in [2.45, 2.75) is 49.8 Å². The van der Waals surface area contributed by atoms with Gasteiger partial charge in [0.15, 0.2) is 0 Å². The van der Waals surface area contributed by atoms with E-state index in [9.17, 15) is 0 Å². The molecule has 1 aromatic rings. The summed E-state index contributed by atoms with van der Waals surface area (Å²) in [4.78, 5) is 4.19. The fraction of sp³-hybridized carbons (Fsp3) is 0.667. The molecule has 1 aliphatic carbocycles. The fourth-order valence-electron chi connectivity index (χ4n) is 2.74. The van der Waals surface area contributed by atoms with Gasteiger partial charge in [0.25, 0.3) is 0 Å². The second-order valence-electron chi connectivity index (χ2n) is 5.34. The summed E-state index contributed by atoms with van der Waals surface area (Å²) in [6, 6.07) is 4.56. The molecule has 1 aromatic heterocycles. The Bertz CT molecular complexity index is 347. The van der Waals surface area contributed by atoms with E-state index in [2.05, 4.69) is 41.3 Å². The van der Waals surface area contributed by atoms with Crippen molar-refractivity contribution in [1.82, 2.24) is 10.3 Å². The number of hydrogen-bond donors (Lipinski definition) is 1. The molecule has 2 nitrogen and oxygen atoms in total. The molecule has 1 aliphatic rings. The monoisotopic (exact) mass is 264 g/mol. The summed E-state index contributed by atoms with van der Waals surface area (Å²) >= 11 is 2.05. The second-order valence-corrected chi connectivity index (χ2v) is 6.61. The van der Waals surface area contributed by atoms with Gasteiger partial charge in [-0.2, -0.15) is 11.8 Å². The van der Waals surface area contributed by atoms with Crippen LogP contribution in [0.15, 0.2) is 24.5 Å². The number of thioether (sulfide) groups is 1. The van der Waals surface area contributed by atoms with E-state index in [1.807, 2.05) is 18.5 Å². The lowest BCUT2D eigenvalue weighted by Crippen LogP contribution is -2.40. The number of nitrogens with zero attached hydrogens (tertiary/aromatic N) is 1. The van der Waals surface area contributed by atoms with E-state index in [1.54, 1.807) is 0 Å². The number of rotatable bonds is 5. The molecule has 1 N–H and O–H groups in total. The van der Waals surface area contributed by atoms with Crippen LogP contribution in [0.1, 0.15) is 50.6 Å². The van der Waals surface area contributed by atoms with E-state index in [4.69, 9.17) is 0 Å². The maximum atomic E-state index is 4.19. The van der Waals surface area contributed by atoms with Crippen LogP contribution < -0.4 is 5.32 Å². The third-order valence-electron chi connectivity index (χ3n) is 4.11. The molecule has 1 heterocycles. The Balaban J connectivity index is 1.90. The van der Waals surface area contributed by atoms with Crippen molar-refractivity contribution >= 4 is 11.8 Å². The van der Waals surface area contributed by atoms with Crippen LogP contribution in [0.2, 0.25) is 0 Å². The van der Waals surface area contributed by atoms with Crippen molar-refractivity contribution in [3.8, 4) is 0 Å². The molecule has 0 radical (unpaired) electrons. The maximum Gasteiger partial charge on any atom is 0.0315 e. The minimum Gasteiger partial charge on any atom is -0.309 e. The van der Waals surface area contributed by atoms with Crippen LogP contribution in [0.5, 0.6) is 0 Å². The first-order valence-electron chi connectivity index (χ1n) is 6.94. The van der Waals surface area contributed by atoms with Crippen LogP contribution in [-0.4, -0.2) is 22.5 Å². The highest BCUT2D eigenvalue weighted by molar-refractivity contribution is 8.00. The molecular formula is C15H24N2S. The third kappa shape index (κ3) is 3.48. The minimum atomic E-state index is 0.393. The lowest BCUT2D eigenvalue weighted by Gasteiger charge is -2.37. The van der Waals surface area contributed by atoms with Crippen LogP contribution >= 0.6 is 11.8 Å². The zero-order valence-electron chi connectivity index (χ0n) is 11.5. The third-order valence-corrected chi connectivity index (χ3v) is 5.53. The Labute approximate surface area is 115 Å². The highest BCUT2D eigenvalue weighted by Gasteiger charge is 2.31. The quantitative estimate of drug-likeness (QED) is 0.875. The molecule has 0 saturated heterocycles. The first kappa shape index (κ1) is 13.9. The van der Waals surface area contributed by atoms with Crippen molar-refractivity contribution < 1.29 is 0 Å². The smallest absolute Gasteiger partial charge is 0.0315 e. The predicted octanol–water partition coefficient (Wildman–Crippen LogP) is 3.80. The van der Waals surface area contributed by atoms with Gasteiger partial charge in [0.05, 0.1) is 0 Å². The average Bonchev–Trinajstić information content (AvgIpc) is 2.47. The summed E-state index contributed by atoms with van der Waals surface area (Å²) in [6.07, 6.45) is 13.0. The molecule has 0 amide bonds. The lowest BCUT2D eigenvalue weighted by molar-refractivity contribution is 0.367. The Morgan fingerprint density at radius 3 is 2.78 bits per heavy atom. The van der Waals surface area contributed by atoms with E-state index in [0.29, 0.717) is 10.8 Å². The lowest BCUT2D eigenvalue weighted by atomic mass is 9.88. The molecule has 1 saturated carbocycles. The summed E-state index contributed by atoms with van der Waals surface area (Å²) in [5.74, 6) is 0. The molecule has 1 unspecified atom stereocenters. The molecule has 0 spiro atoms. The predicted molar refractivity (Wildman–Crippen MR) is 80.0 cm³/mol. The van der Waals surface area contributed by atoms with Gasteiger partial charge in [-0.15, -0.1) is 0 Å². The standard InChI is InChI=1S/C15H24N2S/c1-13(14-7-6-10-16-11-14)17-12-15(18-2)8-4-3-5-9-15/h6-7,10-11,13,17H,3-5,8-9,12H2,1-2H3. The normalized spacial score (nSPS) is 20.6. The van der Waals surface area contributed by atoms with E-state index < -0.39 is 0 Å².